The molecular weight excluding hydrogens is 450 g/mol. The Morgan fingerprint density at radius 3 is 2.39 bits per heavy atom. The molecule has 0 aliphatic carbocycles. The van der Waals surface area contributed by atoms with Gasteiger partial charge in [0.05, 0.1) is 12.6 Å². The van der Waals surface area contributed by atoms with Crippen LogP contribution in [-0.2, 0) is 16.1 Å². The van der Waals surface area contributed by atoms with Crippen LogP contribution in [-0.4, -0.2) is 54.4 Å². The number of amides is 2. The fourth-order valence-electron chi connectivity index (χ4n) is 5.45. The SMILES string of the molecule is CCOc1ccc(CN2CC3(CCN(CC[C@H](NC(=O)C(C)C)c4ccccc4)CC3)CC2=O)cc1. The summed E-state index contributed by atoms with van der Waals surface area (Å²) in [4.78, 5) is 29.8. The van der Waals surface area contributed by atoms with Gasteiger partial charge < -0.3 is 19.9 Å². The molecule has 0 unspecified atom stereocenters. The highest BCUT2D eigenvalue weighted by Crippen LogP contribution is 2.41. The summed E-state index contributed by atoms with van der Waals surface area (Å²) in [5.74, 6) is 1.21. The predicted octanol–water partition coefficient (Wildman–Crippen LogP) is 4.80. The number of hydrogen-bond acceptors (Lipinski definition) is 4. The van der Waals surface area contributed by atoms with Gasteiger partial charge in [-0.3, -0.25) is 9.59 Å². The van der Waals surface area contributed by atoms with E-state index in [2.05, 4.69) is 34.5 Å². The number of hydrogen-bond donors (Lipinski definition) is 1. The minimum atomic E-state index is -0.0310. The first-order valence-electron chi connectivity index (χ1n) is 13.4. The molecule has 6 nitrogen and oxygen atoms in total. The van der Waals surface area contributed by atoms with Crippen molar-refractivity contribution in [2.24, 2.45) is 11.3 Å². The maximum absolute atomic E-state index is 12.9. The molecule has 1 N–H and O–H groups in total. The lowest BCUT2D eigenvalue weighted by Gasteiger charge is -2.39. The number of carbonyl (C=O) groups excluding carboxylic acids is 2. The molecule has 2 heterocycles. The lowest BCUT2D eigenvalue weighted by atomic mass is 9.77. The van der Waals surface area contributed by atoms with Crippen LogP contribution in [0, 0.1) is 11.3 Å². The van der Waals surface area contributed by atoms with Gasteiger partial charge in [0, 0.05) is 32.0 Å². The summed E-state index contributed by atoms with van der Waals surface area (Å²) in [7, 11) is 0. The fraction of sp³-hybridized carbons (Fsp3) is 0.533. The lowest BCUT2D eigenvalue weighted by molar-refractivity contribution is -0.128. The second-order valence-electron chi connectivity index (χ2n) is 10.8. The van der Waals surface area contributed by atoms with E-state index in [1.54, 1.807) is 0 Å². The van der Waals surface area contributed by atoms with Crippen LogP contribution in [0.5, 0.6) is 5.75 Å². The van der Waals surface area contributed by atoms with Crippen molar-refractivity contribution < 1.29 is 14.3 Å². The van der Waals surface area contributed by atoms with Gasteiger partial charge in [0.1, 0.15) is 5.75 Å². The van der Waals surface area contributed by atoms with Crippen molar-refractivity contribution >= 4 is 11.8 Å². The minimum Gasteiger partial charge on any atom is -0.494 e. The normalized spacial score (nSPS) is 18.6. The maximum atomic E-state index is 12.9. The number of nitrogens with one attached hydrogen (secondary N) is 1. The van der Waals surface area contributed by atoms with Gasteiger partial charge in [0.2, 0.25) is 11.8 Å². The molecule has 2 aliphatic rings. The van der Waals surface area contributed by atoms with E-state index in [1.165, 1.54) is 0 Å². The number of piperidine rings is 1. The fourth-order valence-corrected chi connectivity index (χ4v) is 5.45. The molecule has 6 heteroatoms. The molecule has 2 aromatic rings. The van der Waals surface area contributed by atoms with E-state index < -0.39 is 0 Å². The zero-order valence-electron chi connectivity index (χ0n) is 22.0. The molecule has 2 saturated heterocycles. The molecule has 2 fully saturated rings. The van der Waals surface area contributed by atoms with Crippen molar-refractivity contribution in [3.8, 4) is 5.75 Å². The lowest BCUT2D eigenvalue weighted by Crippen LogP contribution is -2.43. The van der Waals surface area contributed by atoms with Crippen LogP contribution < -0.4 is 10.1 Å². The quantitative estimate of drug-likeness (QED) is 0.519. The van der Waals surface area contributed by atoms with Crippen LogP contribution in [0.2, 0.25) is 0 Å². The number of benzene rings is 2. The summed E-state index contributed by atoms with van der Waals surface area (Å²) in [6.45, 7) is 11.0. The molecule has 36 heavy (non-hydrogen) atoms. The number of carbonyl (C=O) groups is 2. The van der Waals surface area contributed by atoms with E-state index in [4.69, 9.17) is 4.74 Å². The summed E-state index contributed by atoms with van der Waals surface area (Å²) in [6, 6.07) is 18.4. The first-order chi connectivity index (χ1) is 17.4. The van der Waals surface area contributed by atoms with Crippen molar-refractivity contribution in [1.82, 2.24) is 15.1 Å². The van der Waals surface area contributed by atoms with Gasteiger partial charge >= 0.3 is 0 Å². The first kappa shape index (κ1) is 26.2. The average molecular weight is 492 g/mol. The largest absolute Gasteiger partial charge is 0.494 e. The Kier molecular flexibility index (Phi) is 8.68. The Balaban J connectivity index is 1.29. The summed E-state index contributed by atoms with van der Waals surface area (Å²) in [6.07, 6.45) is 3.65. The molecule has 0 bridgehead atoms. The van der Waals surface area contributed by atoms with E-state index in [1.807, 2.05) is 56.0 Å². The predicted molar refractivity (Wildman–Crippen MR) is 143 cm³/mol. The Morgan fingerprint density at radius 1 is 1.06 bits per heavy atom. The van der Waals surface area contributed by atoms with Crippen LogP contribution in [0.4, 0.5) is 0 Å². The van der Waals surface area contributed by atoms with E-state index >= 15 is 0 Å². The zero-order chi connectivity index (χ0) is 25.5. The average Bonchev–Trinajstić information content (AvgIpc) is 3.18. The second kappa shape index (κ2) is 11.9. The number of rotatable bonds is 10. The molecule has 4 rings (SSSR count). The molecule has 0 saturated carbocycles. The molecule has 2 aromatic carbocycles. The van der Waals surface area contributed by atoms with Crippen LogP contribution in [0.3, 0.4) is 0 Å². The van der Waals surface area contributed by atoms with Crippen molar-refractivity contribution in [1.29, 1.82) is 0 Å². The summed E-state index contributed by atoms with van der Waals surface area (Å²) >= 11 is 0. The third-order valence-corrected chi connectivity index (χ3v) is 7.71. The third kappa shape index (κ3) is 6.67. The second-order valence-corrected chi connectivity index (χ2v) is 10.8. The van der Waals surface area contributed by atoms with Crippen LogP contribution in [0.1, 0.15) is 63.6 Å². The topological polar surface area (TPSA) is 61.9 Å². The van der Waals surface area contributed by atoms with Crippen molar-refractivity contribution in [3.63, 3.8) is 0 Å². The number of ether oxygens (including phenoxy) is 1. The van der Waals surface area contributed by atoms with Gasteiger partial charge in [0.15, 0.2) is 0 Å². The number of likely N-dealkylation sites (tertiary alicyclic amines) is 2. The van der Waals surface area contributed by atoms with E-state index in [-0.39, 0.29) is 29.2 Å². The minimum absolute atomic E-state index is 0.0228. The number of nitrogens with zero attached hydrogens (tertiary/aromatic N) is 2. The van der Waals surface area contributed by atoms with Crippen molar-refractivity contribution in [3.05, 3.63) is 65.7 Å². The standard InChI is InChI=1S/C30H41N3O3/c1-4-36-26-12-10-24(11-13-26)21-33-22-30(20-28(33)34)15-18-32(19-16-30)17-14-27(31-29(35)23(2)3)25-8-6-5-7-9-25/h5-13,23,27H,4,14-22H2,1-3H3,(H,31,35)/t27-/m0/s1. The first-order valence-corrected chi connectivity index (χ1v) is 13.4. The van der Waals surface area contributed by atoms with Gasteiger partial charge in [-0.05, 0) is 68.0 Å². The third-order valence-electron chi connectivity index (χ3n) is 7.71. The van der Waals surface area contributed by atoms with Crippen LogP contribution in [0.15, 0.2) is 54.6 Å². The van der Waals surface area contributed by atoms with Gasteiger partial charge in [-0.2, -0.15) is 0 Å². The molecule has 194 valence electrons. The van der Waals surface area contributed by atoms with Crippen LogP contribution >= 0.6 is 0 Å². The zero-order valence-corrected chi connectivity index (χ0v) is 22.0. The highest BCUT2D eigenvalue weighted by Gasteiger charge is 2.44. The Labute approximate surface area is 216 Å². The van der Waals surface area contributed by atoms with E-state index in [0.29, 0.717) is 19.6 Å². The highest BCUT2D eigenvalue weighted by molar-refractivity contribution is 5.79. The van der Waals surface area contributed by atoms with Gasteiger partial charge in [-0.25, -0.2) is 0 Å². The summed E-state index contributed by atoms with van der Waals surface area (Å²) in [5.41, 5.74) is 2.41. The Bertz CT molecular complexity index is 998. The summed E-state index contributed by atoms with van der Waals surface area (Å²) in [5, 5.41) is 3.24. The Morgan fingerprint density at radius 2 is 1.75 bits per heavy atom. The molecular formula is C30H41N3O3. The highest BCUT2D eigenvalue weighted by atomic mass is 16.5. The molecule has 0 aromatic heterocycles. The molecule has 1 spiro atoms. The summed E-state index contributed by atoms with van der Waals surface area (Å²) < 4.78 is 5.54. The monoisotopic (exact) mass is 491 g/mol. The van der Waals surface area contributed by atoms with Crippen molar-refractivity contribution in [2.45, 2.75) is 59.0 Å². The van der Waals surface area contributed by atoms with E-state index in [9.17, 15) is 9.59 Å². The van der Waals surface area contributed by atoms with Crippen molar-refractivity contribution in [2.75, 3.05) is 32.8 Å². The van der Waals surface area contributed by atoms with Crippen LogP contribution in [0.25, 0.3) is 0 Å². The van der Waals surface area contributed by atoms with Gasteiger partial charge in [-0.15, -0.1) is 0 Å². The molecule has 0 radical (unpaired) electrons. The molecule has 2 aliphatic heterocycles. The smallest absolute Gasteiger partial charge is 0.223 e. The molecule has 1 atom stereocenters. The van der Waals surface area contributed by atoms with Gasteiger partial charge in [0.25, 0.3) is 0 Å². The molecule has 2 amide bonds. The van der Waals surface area contributed by atoms with Gasteiger partial charge in [-0.1, -0.05) is 56.3 Å². The van der Waals surface area contributed by atoms with E-state index in [0.717, 1.165) is 62.3 Å². The maximum Gasteiger partial charge on any atom is 0.223 e. The Hall–Kier alpha value is -2.86.